The van der Waals surface area contributed by atoms with Crippen molar-refractivity contribution in [3.63, 3.8) is 0 Å². The maximum absolute atomic E-state index is 10.8. The second-order valence-electron chi connectivity index (χ2n) is 6.75. The molecule has 0 amide bonds. The standard InChI is InChI=1S/C14H31NO4Si/c1-11(2)13(9-15-12(3)14(16)17)19-10-18-7-8-20(4,5)6/h11-13,15H,7-10H2,1-6H3,(H,16,17)/t12-,13+/m0/s1. The molecule has 0 heterocycles. The van der Waals surface area contributed by atoms with Gasteiger partial charge < -0.3 is 19.9 Å². The third-order valence-electron chi connectivity index (χ3n) is 3.10. The number of carboxylic acid groups (broad SMARTS) is 1. The number of nitrogens with one attached hydrogen (secondary N) is 1. The summed E-state index contributed by atoms with van der Waals surface area (Å²) >= 11 is 0. The largest absolute Gasteiger partial charge is 0.480 e. The number of hydrogen-bond donors (Lipinski definition) is 2. The summed E-state index contributed by atoms with van der Waals surface area (Å²) in [7, 11) is -1.06. The minimum absolute atomic E-state index is 0.0383. The number of hydrogen-bond acceptors (Lipinski definition) is 4. The number of aliphatic carboxylic acids is 1. The highest BCUT2D eigenvalue weighted by Gasteiger charge is 2.18. The van der Waals surface area contributed by atoms with Gasteiger partial charge in [0.25, 0.3) is 0 Å². The number of carboxylic acids is 1. The molecular formula is C14H31NO4Si. The van der Waals surface area contributed by atoms with Gasteiger partial charge in [0, 0.05) is 21.2 Å². The van der Waals surface area contributed by atoms with E-state index in [0.29, 0.717) is 12.5 Å². The molecule has 20 heavy (non-hydrogen) atoms. The molecule has 0 aliphatic heterocycles. The molecule has 5 nitrogen and oxygen atoms in total. The topological polar surface area (TPSA) is 67.8 Å². The smallest absolute Gasteiger partial charge is 0.320 e. The van der Waals surface area contributed by atoms with Crippen molar-refractivity contribution >= 4 is 14.0 Å². The highest BCUT2D eigenvalue weighted by Crippen LogP contribution is 2.09. The van der Waals surface area contributed by atoms with E-state index in [9.17, 15) is 4.79 Å². The summed E-state index contributed by atoms with van der Waals surface area (Å²) in [5.41, 5.74) is 0. The lowest BCUT2D eigenvalue weighted by molar-refractivity contribution is -0.139. The fourth-order valence-electron chi connectivity index (χ4n) is 1.44. The van der Waals surface area contributed by atoms with Crippen molar-refractivity contribution in [2.75, 3.05) is 19.9 Å². The molecule has 0 aliphatic carbocycles. The van der Waals surface area contributed by atoms with Crippen LogP contribution in [0.25, 0.3) is 0 Å². The first-order chi connectivity index (χ1) is 9.13. The Morgan fingerprint density at radius 1 is 1.25 bits per heavy atom. The van der Waals surface area contributed by atoms with Crippen molar-refractivity contribution in [3.05, 3.63) is 0 Å². The zero-order chi connectivity index (χ0) is 15.8. The predicted molar refractivity (Wildman–Crippen MR) is 83.8 cm³/mol. The Morgan fingerprint density at radius 3 is 2.30 bits per heavy atom. The van der Waals surface area contributed by atoms with Gasteiger partial charge in [-0.1, -0.05) is 33.5 Å². The first-order valence-electron chi connectivity index (χ1n) is 7.29. The Kier molecular flexibility index (Phi) is 9.29. The van der Waals surface area contributed by atoms with Crippen molar-refractivity contribution in [3.8, 4) is 0 Å². The van der Waals surface area contributed by atoms with Crippen molar-refractivity contribution in [2.24, 2.45) is 5.92 Å². The minimum atomic E-state index is -1.06. The molecule has 0 rings (SSSR count). The molecule has 0 spiro atoms. The molecule has 0 unspecified atom stereocenters. The van der Waals surface area contributed by atoms with Gasteiger partial charge in [0.1, 0.15) is 12.8 Å². The summed E-state index contributed by atoms with van der Waals surface area (Å²) in [5, 5.41) is 11.8. The zero-order valence-corrected chi connectivity index (χ0v) is 14.7. The lowest BCUT2D eigenvalue weighted by Gasteiger charge is -2.23. The molecule has 0 aromatic heterocycles. The fourth-order valence-corrected chi connectivity index (χ4v) is 2.20. The maximum Gasteiger partial charge on any atom is 0.320 e. The molecule has 0 bridgehead atoms. The van der Waals surface area contributed by atoms with Gasteiger partial charge in [-0.25, -0.2) is 0 Å². The van der Waals surface area contributed by atoms with E-state index < -0.39 is 20.1 Å². The van der Waals surface area contributed by atoms with Crippen LogP contribution in [-0.2, 0) is 14.3 Å². The van der Waals surface area contributed by atoms with E-state index in [1.54, 1.807) is 6.92 Å². The lowest BCUT2D eigenvalue weighted by atomic mass is 10.1. The second-order valence-corrected chi connectivity index (χ2v) is 12.4. The second kappa shape index (κ2) is 9.49. The Labute approximate surface area is 124 Å². The third-order valence-corrected chi connectivity index (χ3v) is 4.81. The molecule has 0 saturated carbocycles. The molecule has 120 valence electrons. The van der Waals surface area contributed by atoms with E-state index >= 15 is 0 Å². The number of rotatable bonds is 11. The van der Waals surface area contributed by atoms with Crippen LogP contribution in [0, 0.1) is 5.92 Å². The Bertz CT molecular complexity index is 279. The third kappa shape index (κ3) is 10.4. The van der Waals surface area contributed by atoms with E-state index in [1.165, 1.54) is 0 Å². The van der Waals surface area contributed by atoms with Gasteiger partial charge in [-0.05, 0) is 18.9 Å². The van der Waals surface area contributed by atoms with Gasteiger partial charge in [-0.2, -0.15) is 0 Å². The molecular weight excluding hydrogens is 274 g/mol. The van der Waals surface area contributed by atoms with Crippen LogP contribution in [0.5, 0.6) is 0 Å². The normalized spacial score (nSPS) is 15.3. The molecule has 2 atom stereocenters. The van der Waals surface area contributed by atoms with Crippen molar-refractivity contribution in [2.45, 2.75) is 58.6 Å². The SMILES string of the molecule is CC(C)[C@@H](CN[C@@H](C)C(=O)O)OCOCC[Si](C)(C)C. The fraction of sp³-hybridized carbons (Fsp3) is 0.929. The highest BCUT2D eigenvalue weighted by atomic mass is 28.3. The van der Waals surface area contributed by atoms with E-state index in [1.807, 2.05) is 0 Å². The molecule has 0 radical (unpaired) electrons. The summed E-state index contributed by atoms with van der Waals surface area (Å²) < 4.78 is 11.2. The summed E-state index contributed by atoms with van der Waals surface area (Å²) in [6.07, 6.45) is -0.0383. The van der Waals surface area contributed by atoms with Crippen LogP contribution in [0.1, 0.15) is 20.8 Å². The molecule has 0 saturated heterocycles. The van der Waals surface area contributed by atoms with E-state index in [-0.39, 0.29) is 12.9 Å². The number of ether oxygens (including phenoxy) is 2. The van der Waals surface area contributed by atoms with Gasteiger partial charge in [0.15, 0.2) is 0 Å². The van der Waals surface area contributed by atoms with Crippen LogP contribution in [0.2, 0.25) is 25.7 Å². The summed E-state index contributed by atoms with van der Waals surface area (Å²) in [6.45, 7) is 14.2. The molecule has 0 aliphatic rings. The highest BCUT2D eigenvalue weighted by molar-refractivity contribution is 6.76. The van der Waals surface area contributed by atoms with Gasteiger partial charge in [0.2, 0.25) is 0 Å². The molecule has 6 heteroatoms. The van der Waals surface area contributed by atoms with Crippen molar-refractivity contribution in [1.29, 1.82) is 0 Å². The predicted octanol–water partition coefficient (Wildman–Crippen LogP) is 2.40. The maximum atomic E-state index is 10.8. The molecule has 2 N–H and O–H groups in total. The van der Waals surface area contributed by atoms with Gasteiger partial charge >= 0.3 is 5.97 Å². The van der Waals surface area contributed by atoms with Gasteiger partial charge in [0.05, 0.1) is 6.10 Å². The Hall–Kier alpha value is -0.433. The van der Waals surface area contributed by atoms with Crippen LogP contribution in [-0.4, -0.2) is 51.2 Å². The quantitative estimate of drug-likeness (QED) is 0.348. The van der Waals surface area contributed by atoms with E-state index in [0.717, 1.165) is 12.7 Å². The zero-order valence-electron chi connectivity index (χ0n) is 13.7. The minimum Gasteiger partial charge on any atom is -0.480 e. The van der Waals surface area contributed by atoms with Gasteiger partial charge in [-0.3, -0.25) is 4.79 Å². The molecule has 0 fully saturated rings. The van der Waals surface area contributed by atoms with Crippen molar-refractivity contribution in [1.82, 2.24) is 5.32 Å². The first kappa shape index (κ1) is 19.6. The summed E-state index contributed by atoms with van der Waals surface area (Å²) in [6, 6.07) is 0.560. The van der Waals surface area contributed by atoms with Crippen LogP contribution in [0.4, 0.5) is 0 Å². The average Bonchev–Trinajstić information content (AvgIpc) is 2.30. The first-order valence-corrected chi connectivity index (χ1v) is 11.0. The van der Waals surface area contributed by atoms with E-state index in [2.05, 4.69) is 38.8 Å². The Morgan fingerprint density at radius 2 is 1.85 bits per heavy atom. The lowest BCUT2D eigenvalue weighted by Crippen LogP contribution is -2.41. The monoisotopic (exact) mass is 305 g/mol. The average molecular weight is 305 g/mol. The number of carbonyl (C=O) groups is 1. The van der Waals surface area contributed by atoms with Crippen LogP contribution in [0.3, 0.4) is 0 Å². The summed E-state index contributed by atoms with van der Waals surface area (Å²) in [4.78, 5) is 10.8. The van der Waals surface area contributed by atoms with E-state index in [4.69, 9.17) is 14.6 Å². The van der Waals surface area contributed by atoms with Crippen molar-refractivity contribution < 1.29 is 19.4 Å². The molecule has 0 aromatic carbocycles. The Balaban J connectivity index is 3.89. The van der Waals surface area contributed by atoms with Crippen LogP contribution < -0.4 is 5.32 Å². The van der Waals surface area contributed by atoms with Crippen LogP contribution in [0.15, 0.2) is 0 Å². The van der Waals surface area contributed by atoms with Gasteiger partial charge in [-0.15, -0.1) is 0 Å². The van der Waals surface area contributed by atoms with Crippen LogP contribution >= 0.6 is 0 Å². The summed E-state index contributed by atoms with van der Waals surface area (Å²) in [5.74, 6) is -0.539. The molecule has 0 aromatic rings.